The fraction of sp³-hybridized carbons (Fsp3) is 0.533. The lowest BCUT2D eigenvalue weighted by molar-refractivity contribution is -0.137. The Morgan fingerprint density at radius 3 is 2.57 bits per heavy atom. The molecule has 3 unspecified atom stereocenters. The number of rotatable bonds is 2. The molecule has 0 saturated heterocycles. The highest BCUT2D eigenvalue weighted by Gasteiger charge is 2.36. The summed E-state index contributed by atoms with van der Waals surface area (Å²) >= 11 is 0. The summed E-state index contributed by atoms with van der Waals surface area (Å²) in [6, 6.07) is 5.12. The van der Waals surface area contributed by atoms with Gasteiger partial charge in [0.15, 0.2) is 5.90 Å². The predicted octanol–water partition coefficient (Wildman–Crippen LogP) is 2.96. The Labute approximate surface area is 120 Å². The summed E-state index contributed by atoms with van der Waals surface area (Å²) < 4.78 is 43.2. The van der Waals surface area contributed by atoms with Gasteiger partial charge in [-0.1, -0.05) is 12.1 Å². The molecule has 1 aromatic carbocycles. The maximum atomic E-state index is 12.5. The number of halogens is 3. The van der Waals surface area contributed by atoms with Gasteiger partial charge in [-0.05, 0) is 30.5 Å². The summed E-state index contributed by atoms with van der Waals surface area (Å²) in [5.74, 6) is 0.554. The summed E-state index contributed by atoms with van der Waals surface area (Å²) in [5, 5.41) is 9.60. The van der Waals surface area contributed by atoms with Crippen LogP contribution < -0.4 is 0 Å². The zero-order chi connectivity index (χ0) is 15.0. The van der Waals surface area contributed by atoms with Gasteiger partial charge >= 0.3 is 6.18 Å². The minimum atomic E-state index is -4.31. The quantitative estimate of drug-likeness (QED) is 0.912. The molecule has 3 rings (SSSR count). The molecule has 0 amide bonds. The van der Waals surface area contributed by atoms with Crippen molar-refractivity contribution in [1.29, 1.82) is 0 Å². The Morgan fingerprint density at radius 1 is 1.19 bits per heavy atom. The molecule has 0 aromatic heterocycles. The van der Waals surface area contributed by atoms with Gasteiger partial charge in [0.2, 0.25) is 0 Å². The van der Waals surface area contributed by atoms with Gasteiger partial charge in [0.1, 0.15) is 6.10 Å². The minimum Gasteiger partial charge on any atom is -0.475 e. The highest BCUT2D eigenvalue weighted by molar-refractivity contribution is 5.80. The molecule has 21 heavy (non-hydrogen) atoms. The van der Waals surface area contributed by atoms with Crippen molar-refractivity contribution in [1.82, 2.24) is 0 Å². The first kappa shape index (κ1) is 14.4. The first-order chi connectivity index (χ1) is 9.91. The first-order valence-electron chi connectivity index (χ1n) is 6.99. The van der Waals surface area contributed by atoms with E-state index >= 15 is 0 Å². The first-order valence-corrected chi connectivity index (χ1v) is 6.99. The maximum absolute atomic E-state index is 12.5. The van der Waals surface area contributed by atoms with E-state index in [0.29, 0.717) is 18.7 Å². The zero-order valence-electron chi connectivity index (χ0n) is 11.3. The molecule has 114 valence electrons. The molecule has 0 spiro atoms. The maximum Gasteiger partial charge on any atom is 0.416 e. The van der Waals surface area contributed by atoms with E-state index in [9.17, 15) is 18.3 Å². The molecule has 1 saturated carbocycles. The normalized spacial score (nSPS) is 28.8. The second-order valence-electron chi connectivity index (χ2n) is 5.58. The predicted molar refractivity (Wildman–Crippen MR) is 71.1 cm³/mol. The van der Waals surface area contributed by atoms with Crippen LogP contribution in [0.1, 0.15) is 30.4 Å². The van der Waals surface area contributed by atoms with Crippen molar-refractivity contribution < 1.29 is 23.0 Å². The molecule has 1 aliphatic carbocycles. The van der Waals surface area contributed by atoms with Gasteiger partial charge in [0, 0.05) is 12.8 Å². The molecule has 1 N–H and O–H groups in total. The number of aliphatic imine (C=N–C) groups is 1. The van der Waals surface area contributed by atoms with Crippen molar-refractivity contribution in [3.8, 4) is 0 Å². The number of aliphatic hydroxyl groups is 1. The Hall–Kier alpha value is -1.56. The molecule has 3 nitrogen and oxygen atoms in total. The van der Waals surface area contributed by atoms with Gasteiger partial charge in [0.25, 0.3) is 0 Å². The van der Waals surface area contributed by atoms with E-state index in [1.54, 1.807) is 0 Å². The number of nitrogens with zero attached hydrogens (tertiary/aromatic N) is 1. The zero-order valence-corrected chi connectivity index (χ0v) is 11.3. The van der Waals surface area contributed by atoms with E-state index in [2.05, 4.69) is 4.99 Å². The van der Waals surface area contributed by atoms with Crippen molar-refractivity contribution in [3.63, 3.8) is 0 Å². The number of alkyl halides is 3. The van der Waals surface area contributed by atoms with E-state index < -0.39 is 11.7 Å². The average molecular weight is 299 g/mol. The summed E-state index contributed by atoms with van der Waals surface area (Å²) in [6.07, 6.45) is -2.26. The molecule has 0 bridgehead atoms. The van der Waals surface area contributed by atoms with Gasteiger partial charge in [-0.3, -0.25) is 0 Å². The lowest BCUT2D eigenvalue weighted by Gasteiger charge is -2.26. The highest BCUT2D eigenvalue weighted by atomic mass is 19.4. The summed E-state index contributed by atoms with van der Waals surface area (Å²) in [5.41, 5.74) is 0.0817. The van der Waals surface area contributed by atoms with Gasteiger partial charge in [-0.2, -0.15) is 13.2 Å². The third-order valence-electron chi connectivity index (χ3n) is 3.96. The number of fused-ring (bicyclic) bond motifs is 1. The number of hydrogen-bond acceptors (Lipinski definition) is 3. The second kappa shape index (κ2) is 5.33. The monoisotopic (exact) mass is 299 g/mol. The number of benzene rings is 1. The average Bonchev–Trinajstić information content (AvgIpc) is 2.79. The van der Waals surface area contributed by atoms with E-state index in [1.165, 1.54) is 12.1 Å². The Kier molecular flexibility index (Phi) is 3.65. The van der Waals surface area contributed by atoms with Crippen LogP contribution in [0.2, 0.25) is 0 Å². The van der Waals surface area contributed by atoms with E-state index in [4.69, 9.17) is 4.74 Å². The van der Waals surface area contributed by atoms with Gasteiger partial charge in [0.05, 0.1) is 17.7 Å². The summed E-state index contributed by atoms with van der Waals surface area (Å²) in [4.78, 5) is 4.47. The van der Waals surface area contributed by atoms with E-state index in [0.717, 1.165) is 30.5 Å². The van der Waals surface area contributed by atoms with Crippen LogP contribution in [0.4, 0.5) is 13.2 Å². The second-order valence-corrected chi connectivity index (χ2v) is 5.58. The molecule has 1 aliphatic heterocycles. The lowest BCUT2D eigenvalue weighted by atomic mass is 9.91. The summed E-state index contributed by atoms with van der Waals surface area (Å²) in [6.45, 7) is 0. The highest BCUT2D eigenvalue weighted by Crippen LogP contribution is 2.31. The Balaban J connectivity index is 1.65. The third-order valence-corrected chi connectivity index (χ3v) is 3.96. The van der Waals surface area contributed by atoms with Crippen molar-refractivity contribution in [2.75, 3.05) is 0 Å². The van der Waals surface area contributed by atoms with Crippen LogP contribution in [-0.2, 0) is 17.3 Å². The SMILES string of the molecule is OC1CCC2N=C(Cc3ccc(C(F)(F)F)cc3)OC2C1. The van der Waals surface area contributed by atoms with Crippen LogP contribution in [0, 0.1) is 0 Å². The Bertz CT molecular complexity index is 539. The lowest BCUT2D eigenvalue weighted by Crippen LogP contribution is -2.33. The van der Waals surface area contributed by atoms with Crippen molar-refractivity contribution in [2.24, 2.45) is 4.99 Å². The topological polar surface area (TPSA) is 41.8 Å². The van der Waals surface area contributed by atoms with Gasteiger partial charge in [-0.25, -0.2) is 4.99 Å². The van der Waals surface area contributed by atoms with Crippen LogP contribution >= 0.6 is 0 Å². The molecule has 3 atom stereocenters. The van der Waals surface area contributed by atoms with Crippen molar-refractivity contribution >= 4 is 5.90 Å². The fourth-order valence-electron chi connectivity index (χ4n) is 2.83. The minimum absolute atomic E-state index is 0.0813. The molecule has 1 fully saturated rings. The molecular weight excluding hydrogens is 283 g/mol. The molecular formula is C15H16F3NO2. The fourth-order valence-corrected chi connectivity index (χ4v) is 2.83. The smallest absolute Gasteiger partial charge is 0.416 e. The van der Waals surface area contributed by atoms with Crippen LogP contribution in [0.25, 0.3) is 0 Å². The van der Waals surface area contributed by atoms with Crippen molar-refractivity contribution in [3.05, 3.63) is 35.4 Å². The van der Waals surface area contributed by atoms with E-state index in [1.807, 2.05) is 0 Å². The van der Waals surface area contributed by atoms with Crippen molar-refractivity contribution in [2.45, 2.75) is 50.1 Å². The summed E-state index contributed by atoms with van der Waals surface area (Å²) in [7, 11) is 0. The largest absolute Gasteiger partial charge is 0.475 e. The molecule has 2 aliphatic rings. The van der Waals surface area contributed by atoms with Crippen LogP contribution in [0.3, 0.4) is 0 Å². The van der Waals surface area contributed by atoms with E-state index in [-0.39, 0.29) is 18.2 Å². The third kappa shape index (κ3) is 3.20. The standard InChI is InChI=1S/C15H16F3NO2/c16-15(17,18)10-3-1-9(2-4-10)7-14-19-12-6-5-11(20)8-13(12)21-14/h1-4,11-13,20H,5-8H2. The molecule has 6 heteroatoms. The molecule has 1 aromatic rings. The van der Waals surface area contributed by atoms with Crippen LogP contribution in [0.15, 0.2) is 29.3 Å². The van der Waals surface area contributed by atoms with Gasteiger partial charge < -0.3 is 9.84 Å². The number of aliphatic hydroxyl groups excluding tert-OH is 1. The molecule has 0 radical (unpaired) electrons. The number of ether oxygens (including phenoxy) is 1. The van der Waals surface area contributed by atoms with Crippen LogP contribution in [0.5, 0.6) is 0 Å². The Morgan fingerprint density at radius 2 is 1.90 bits per heavy atom. The van der Waals surface area contributed by atoms with Gasteiger partial charge in [-0.15, -0.1) is 0 Å². The number of hydrogen-bond donors (Lipinski definition) is 1. The molecule has 1 heterocycles. The van der Waals surface area contributed by atoms with Crippen LogP contribution in [-0.4, -0.2) is 29.3 Å².